The molecule has 188 valence electrons. The van der Waals surface area contributed by atoms with Gasteiger partial charge >= 0.3 is 17.9 Å². The smallest absolute Gasteiger partial charge is 0.310 e. The fourth-order valence-electron chi connectivity index (χ4n) is 5.11. The van der Waals surface area contributed by atoms with Crippen LogP contribution in [-0.4, -0.2) is 40.5 Å². The van der Waals surface area contributed by atoms with E-state index in [2.05, 4.69) is 0 Å². The van der Waals surface area contributed by atoms with Gasteiger partial charge in [0, 0.05) is 39.7 Å². The second-order valence-electron chi connectivity index (χ2n) is 9.92. The average molecular weight is 477 g/mol. The number of ether oxygens (including phenoxy) is 4. The predicted octanol–water partition coefficient (Wildman–Crippen LogP) is 3.99. The number of benzene rings is 1. The molecule has 3 rings (SSSR count). The molecule has 0 bridgehead atoms. The first-order valence-electron chi connectivity index (χ1n) is 12.0. The number of carbonyl (C=O) groups is 3. The van der Waals surface area contributed by atoms with Crippen LogP contribution in [0.5, 0.6) is 5.75 Å². The van der Waals surface area contributed by atoms with Crippen LogP contribution in [0, 0.1) is 5.92 Å². The van der Waals surface area contributed by atoms with Crippen molar-refractivity contribution >= 4 is 17.9 Å². The zero-order valence-electron chi connectivity index (χ0n) is 20.6. The van der Waals surface area contributed by atoms with E-state index in [1.54, 1.807) is 19.9 Å². The second kappa shape index (κ2) is 10.9. The highest BCUT2D eigenvalue weighted by Crippen LogP contribution is 2.42. The van der Waals surface area contributed by atoms with Gasteiger partial charge in [-0.1, -0.05) is 18.9 Å². The van der Waals surface area contributed by atoms with Gasteiger partial charge in [-0.2, -0.15) is 0 Å². The Morgan fingerprint density at radius 2 is 1.88 bits per heavy atom. The number of hydrogen-bond acceptors (Lipinski definition) is 8. The molecule has 8 nitrogen and oxygen atoms in total. The summed E-state index contributed by atoms with van der Waals surface area (Å²) in [6, 6.07) is 5.38. The standard InChI is InChI=1S/C26H36O8/c1-17(27)31-16-20-13-19(9-10-23(20)32-18(2)28)11-12-26(30,21-7-5-6-8-21)15-22-14-24(29)34-25(3,4)33-22/h9-10,13,21-22,30H,5-8,11-12,14-16H2,1-4H3. The van der Waals surface area contributed by atoms with Gasteiger partial charge in [-0.15, -0.1) is 0 Å². The molecule has 1 saturated carbocycles. The van der Waals surface area contributed by atoms with Crippen molar-refractivity contribution in [3.8, 4) is 5.75 Å². The van der Waals surface area contributed by atoms with E-state index in [0.717, 1.165) is 31.2 Å². The lowest BCUT2D eigenvalue weighted by atomic mass is 9.77. The zero-order chi connectivity index (χ0) is 24.9. The number of carbonyl (C=O) groups excluding carboxylic acids is 3. The summed E-state index contributed by atoms with van der Waals surface area (Å²) >= 11 is 0. The van der Waals surface area contributed by atoms with Gasteiger partial charge < -0.3 is 24.1 Å². The highest BCUT2D eigenvalue weighted by Gasteiger charge is 2.44. The van der Waals surface area contributed by atoms with Crippen molar-refractivity contribution in [2.24, 2.45) is 5.92 Å². The van der Waals surface area contributed by atoms with Crippen molar-refractivity contribution in [2.45, 2.75) is 103 Å². The molecule has 2 aliphatic rings. The van der Waals surface area contributed by atoms with Crippen molar-refractivity contribution in [2.75, 3.05) is 0 Å². The summed E-state index contributed by atoms with van der Waals surface area (Å²) < 4.78 is 21.6. The lowest BCUT2D eigenvalue weighted by molar-refractivity contribution is -0.265. The molecular weight excluding hydrogens is 440 g/mol. The maximum atomic E-state index is 12.1. The Morgan fingerprint density at radius 3 is 2.50 bits per heavy atom. The molecule has 1 N–H and O–H groups in total. The molecule has 1 aromatic rings. The highest BCUT2D eigenvalue weighted by atomic mass is 16.7. The minimum Gasteiger partial charge on any atom is -0.461 e. The Bertz CT molecular complexity index is 902. The van der Waals surface area contributed by atoms with Crippen LogP contribution < -0.4 is 4.74 Å². The van der Waals surface area contributed by atoms with Crippen molar-refractivity contribution in [1.82, 2.24) is 0 Å². The summed E-state index contributed by atoms with van der Waals surface area (Å²) in [6.45, 7) is 6.05. The summed E-state index contributed by atoms with van der Waals surface area (Å²) in [5, 5.41) is 11.8. The summed E-state index contributed by atoms with van der Waals surface area (Å²) in [4.78, 5) is 34.8. The van der Waals surface area contributed by atoms with E-state index in [0.29, 0.717) is 30.6 Å². The minimum absolute atomic E-state index is 0.00815. The number of rotatable bonds is 9. The van der Waals surface area contributed by atoms with Crippen LogP contribution in [0.4, 0.5) is 0 Å². The van der Waals surface area contributed by atoms with Gasteiger partial charge in [-0.3, -0.25) is 14.4 Å². The molecule has 1 aliphatic carbocycles. The quantitative estimate of drug-likeness (QED) is 0.421. The Balaban J connectivity index is 1.76. The van der Waals surface area contributed by atoms with E-state index in [1.807, 2.05) is 12.1 Å². The van der Waals surface area contributed by atoms with Crippen LogP contribution in [0.25, 0.3) is 0 Å². The summed E-state index contributed by atoms with van der Waals surface area (Å²) in [7, 11) is 0. The molecule has 1 aliphatic heterocycles. The third-order valence-electron chi connectivity index (χ3n) is 6.56. The van der Waals surface area contributed by atoms with Crippen molar-refractivity contribution in [3.05, 3.63) is 29.3 Å². The normalized spacial score (nSPS) is 22.0. The van der Waals surface area contributed by atoms with Crippen LogP contribution >= 0.6 is 0 Å². The van der Waals surface area contributed by atoms with Gasteiger partial charge in [0.25, 0.3) is 0 Å². The lowest BCUT2D eigenvalue weighted by Crippen LogP contribution is -2.48. The summed E-state index contributed by atoms with van der Waals surface area (Å²) in [5.74, 6) is -1.72. The van der Waals surface area contributed by atoms with Crippen molar-refractivity contribution in [3.63, 3.8) is 0 Å². The largest absolute Gasteiger partial charge is 0.461 e. The van der Waals surface area contributed by atoms with E-state index >= 15 is 0 Å². The van der Waals surface area contributed by atoms with Gasteiger partial charge in [-0.25, -0.2) is 0 Å². The van der Waals surface area contributed by atoms with Crippen LogP contribution in [-0.2, 0) is 41.6 Å². The van der Waals surface area contributed by atoms with Gasteiger partial charge in [0.05, 0.1) is 18.1 Å². The van der Waals surface area contributed by atoms with Crippen molar-refractivity contribution in [1.29, 1.82) is 0 Å². The molecule has 2 atom stereocenters. The van der Waals surface area contributed by atoms with Gasteiger partial charge in [0.15, 0.2) is 0 Å². The van der Waals surface area contributed by atoms with Gasteiger partial charge in [0.2, 0.25) is 5.79 Å². The van der Waals surface area contributed by atoms with E-state index in [9.17, 15) is 19.5 Å². The molecular formula is C26H36O8. The molecule has 0 spiro atoms. The summed E-state index contributed by atoms with van der Waals surface area (Å²) in [6.07, 6.45) is 5.19. The Morgan fingerprint density at radius 1 is 1.18 bits per heavy atom. The first kappa shape index (κ1) is 26.2. The number of hydrogen-bond donors (Lipinski definition) is 1. The van der Waals surface area contributed by atoms with Crippen LogP contribution in [0.3, 0.4) is 0 Å². The van der Waals surface area contributed by atoms with Gasteiger partial charge in [-0.05, 0) is 49.3 Å². The first-order chi connectivity index (χ1) is 16.0. The summed E-state index contributed by atoms with van der Waals surface area (Å²) in [5.41, 5.74) is 0.533. The van der Waals surface area contributed by atoms with Crippen LogP contribution in [0.1, 0.15) is 83.8 Å². The number of aliphatic hydroxyl groups is 1. The molecule has 2 unspecified atom stereocenters. The molecule has 0 aromatic heterocycles. The molecule has 2 fully saturated rings. The maximum absolute atomic E-state index is 12.1. The maximum Gasteiger partial charge on any atom is 0.310 e. The van der Waals surface area contributed by atoms with Crippen LogP contribution in [0.15, 0.2) is 18.2 Å². The minimum atomic E-state index is -1.01. The number of aryl methyl sites for hydroxylation is 1. The number of esters is 3. The monoisotopic (exact) mass is 476 g/mol. The fraction of sp³-hybridized carbons (Fsp3) is 0.654. The Kier molecular flexibility index (Phi) is 8.36. The molecule has 0 amide bonds. The van der Waals surface area contributed by atoms with Gasteiger partial charge in [0.1, 0.15) is 12.4 Å². The van der Waals surface area contributed by atoms with E-state index in [-0.39, 0.29) is 24.9 Å². The number of cyclic esters (lactones) is 1. The average Bonchev–Trinajstić information content (AvgIpc) is 3.25. The lowest BCUT2D eigenvalue weighted by Gasteiger charge is -2.41. The Hall–Kier alpha value is -2.45. The topological polar surface area (TPSA) is 108 Å². The molecule has 34 heavy (non-hydrogen) atoms. The molecule has 8 heteroatoms. The Labute approximate surface area is 200 Å². The van der Waals surface area contributed by atoms with Crippen LogP contribution in [0.2, 0.25) is 0 Å². The first-order valence-corrected chi connectivity index (χ1v) is 12.0. The molecule has 0 radical (unpaired) electrons. The third kappa shape index (κ3) is 7.27. The van der Waals surface area contributed by atoms with E-state index in [1.165, 1.54) is 13.8 Å². The van der Waals surface area contributed by atoms with E-state index in [4.69, 9.17) is 18.9 Å². The van der Waals surface area contributed by atoms with E-state index < -0.39 is 29.4 Å². The predicted molar refractivity (Wildman–Crippen MR) is 123 cm³/mol. The molecule has 1 aromatic carbocycles. The SMILES string of the molecule is CC(=O)OCc1cc(CCC(O)(CC2CC(=O)OC(C)(C)O2)C2CCCC2)ccc1OC(C)=O. The molecule has 1 saturated heterocycles. The molecule has 1 heterocycles. The highest BCUT2D eigenvalue weighted by molar-refractivity contribution is 5.71. The third-order valence-corrected chi connectivity index (χ3v) is 6.56. The zero-order valence-corrected chi connectivity index (χ0v) is 20.6. The fourth-order valence-corrected chi connectivity index (χ4v) is 5.11. The second-order valence-corrected chi connectivity index (χ2v) is 9.92. The van der Waals surface area contributed by atoms with Crippen molar-refractivity contribution < 1.29 is 38.4 Å².